The highest BCUT2D eigenvalue weighted by molar-refractivity contribution is 9.10. The summed E-state index contributed by atoms with van der Waals surface area (Å²) < 4.78 is 0.833. The summed E-state index contributed by atoms with van der Waals surface area (Å²) in [5.74, 6) is -1.52. The van der Waals surface area contributed by atoms with Gasteiger partial charge in [0.1, 0.15) is 0 Å². The highest BCUT2D eigenvalue weighted by atomic mass is 79.9. The van der Waals surface area contributed by atoms with Gasteiger partial charge in [0.15, 0.2) is 0 Å². The van der Waals surface area contributed by atoms with Crippen molar-refractivity contribution in [1.82, 2.24) is 15.1 Å². The van der Waals surface area contributed by atoms with Gasteiger partial charge in [0.2, 0.25) is 11.7 Å². The van der Waals surface area contributed by atoms with Crippen molar-refractivity contribution in [1.29, 1.82) is 0 Å². The quantitative estimate of drug-likeness (QED) is 0.599. The van der Waals surface area contributed by atoms with Gasteiger partial charge in [-0.3, -0.25) is 19.3 Å². The molecular weight excluding hydrogens is 374 g/mol. The Hall–Kier alpha value is -1.73. The molecule has 1 aliphatic carbocycles. The van der Waals surface area contributed by atoms with E-state index in [0.717, 1.165) is 17.6 Å². The zero-order valence-electron chi connectivity index (χ0n) is 13.3. The molecule has 3 rings (SSSR count). The second-order valence-electron chi connectivity index (χ2n) is 6.17. The van der Waals surface area contributed by atoms with E-state index in [2.05, 4.69) is 26.1 Å². The molecule has 1 aromatic rings. The molecule has 1 aromatic carbocycles. The van der Waals surface area contributed by atoms with Gasteiger partial charge in [-0.2, -0.15) is 0 Å². The van der Waals surface area contributed by atoms with E-state index in [1.807, 2.05) is 0 Å². The minimum absolute atomic E-state index is 0.134. The molecule has 0 spiro atoms. The highest BCUT2D eigenvalue weighted by Gasteiger charge is 2.32. The van der Waals surface area contributed by atoms with Gasteiger partial charge in [0, 0.05) is 42.3 Å². The van der Waals surface area contributed by atoms with Crippen LogP contribution < -0.4 is 5.32 Å². The van der Waals surface area contributed by atoms with Crippen LogP contribution in [0.4, 0.5) is 0 Å². The summed E-state index contributed by atoms with van der Waals surface area (Å²) in [4.78, 5) is 40.3. The number of nitrogens with zero attached hydrogens (tertiary/aromatic N) is 2. The fourth-order valence-electron chi connectivity index (χ4n) is 2.86. The van der Waals surface area contributed by atoms with Gasteiger partial charge >= 0.3 is 0 Å². The Morgan fingerprint density at radius 1 is 1.04 bits per heavy atom. The van der Waals surface area contributed by atoms with Crippen LogP contribution in [0.1, 0.15) is 23.2 Å². The van der Waals surface area contributed by atoms with E-state index in [1.54, 1.807) is 29.2 Å². The number of amides is 2. The SMILES string of the molecule is O=C(NCC(=O)N1CCN(C2CC2)CC1)C(=O)c1ccc(Br)cc1. The molecule has 1 saturated heterocycles. The molecule has 1 N–H and O–H groups in total. The predicted octanol–water partition coefficient (Wildman–Crippen LogP) is 1.05. The fraction of sp³-hybridized carbons (Fsp3) is 0.471. The molecule has 0 unspecified atom stereocenters. The van der Waals surface area contributed by atoms with Gasteiger partial charge in [0.25, 0.3) is 5.91 Å². The van der Waals surface area contributed by atoms with Crippen LogP contribution in [0.25, 0.3) is 0 Å². The normalized spacial score (nSPS) is 18.3. The molecule has 2 amide bonds. The Bertz CT molecular complexity index is 635. The van der Waals surface area contributed by atoms with Crippen LogP contribution >= 0.6 is 15.9 Å². The molecule has 0 radical (unpaired) electrons. The lowest BCUT2D eigenvalue weighted by Gasteiger charge is -2.34. The molecule has 2 aliphatic rings. The summed E-state index contributed by atoms with van der Waals surface area (Å²) >= 11 is 3.28. The number of carbonyl (C=O) groups is 3. The van der Waals surface area contributed by atoms with Gasteiger partial charge in [-0.15, -0.1) is 0 Å². The lowest BCUT2D eigenvalue weighted by Crippen LogP contribution is -2.52. The van der Waals surface area contributed by atoms with Crippen molar-refractivity contribution in [2.45, 2.75) is 18.9 Å². The number of Topliss-reactive ketones (excluding diaryl/α,β-unsaturated/α-hetero) is 1. The van der Waals surface area contributed by atoms with Crippen LogP contribution in [0.5, 0.6) is 0 Å². The molecule has 1 heterocycles. The number of ketones is 1. The van der Waals surface area contributed by atoms with Crippen LogP contribution in [0.2, 0.25) is 0 Å². The fourth-order valence-corrected chi connectivity index (χ4v) is 3.12. The molecule has 128 valence electrons. The average Bonchev–Trinajstić information content (AvgIpc) is 3.44. The summed E-state index contributed by atoms with van der Waals surface area (Å²) in [5.41, 5.74) is 0.307. The Kier molecular flexibility index (Phi) is 5.30. The lowest BCUT2D eigenvalue weighted by atomic mass is 10.1. The third-order valence-electron chi connectivity index (χ3n) is 4.44. The molecular formula is C17H20BrN3O3. The summed E-state index contributed by atoms with van der Waals surface area (Å²) in [5, 5.41) is 2.43. The first-order valence-electron chi connectivity index (χ1n) is 8.14. The standard InChI is InChI=1S/C17H20BrN3O3/c18-13-3-1-12(2-4-13)16(23)17(24)19-11-15(22)21-9-7-20(8-10-21)14-5-6-14/h1-4,14H,5-11H2,(H,19,24). The summed E-state index contributed by atoms with van der Waals surface area (Å²) in [6, 6.07) is 7.26. The van der Waals surface area contributed by atoms with E-state index in [1.165, 1.54) is 12.8 Å². The maximum Gasteiger partial charge on any atom is 0.292 e. The largest absolute Gasteiger partial charge is 0.340 e. The number of piperazine rings is 1. The van der Waals surface area contributed by atoms with Crippen LogP contribution in [0, 0.1) is 0 Å². The first-order chi connectivity index (χ1) is 11.5. The van der Waals surface area contributed by atoms with Crippen molar-refractivity contribution in [3.63, 3.8) is 0 Å². The monoisotopic (exact) mass is 393 g/mol. The third-order valence-corrected chi connectivity index (χ3v) is 4.97. The third kappa shape index (κ3) is 4.21. The maximum atomic E-state index is 12.2. The highest BCUT2D eigenvalue weighted by Crippen LogP contribution is 2.27. The van der Waals surface area contributed by atoms with E-state index in [0.29, 0.717) is 24.7 Å². The zero-order chi connectivity index (χ0) is 17.1. The van der Waals surface area contributed by atoms with E-state index >= 15 is 0 Å². The number of benzene rings is 1. The molecule has 1 aliphatic heterocycles. The van der Waals surface area contributed by atoms with Crippen LogP contribution in [0.15, 0.2) is 28.7 Å². The van der Waals surface area contributed by atoms with Crippen LogP contribution in [-0.2, 0) is 9.59 Å². The van der Waals surface area contributed by atoms with Crippen molar-refractivity contribution >= 4 is 33.5 Å². The van der Waals surface area contributed by atoms with Crippen molar-refractivity contribution < 1.29 is 14.4 Å². The smallest absolute Gasteiger partial charge is 0.292 e. The molecule has 1 saturated carbocycles. The van der Waals surface area contributed by atoms with Gasteiger partial charge in [-0.25, -0.2) is 0 Å². The molecule has 6 nitrogen and oxygen atoms in total. The number of hydrogen-bond donors (Lipinski definition) is 1. The van der Waals surface area contributed by atoms with Gasteiger partial charge < -0.3 is 10.2 Å². The topological polar surface area (TPSA) is 69.7 Å². The first-order valence-corrected chi connectivity index (χ1v) is 8.94. The minimum atomic E-state index is -0.748. The number of carbonyl (C=O) groups excluding carboxylic acids is 3. The first kappa shape index (κ1) is 17.1. The predicted molar refractivity (Wildman–Crippen MR) is 92.7 cm³/mol. The summed E-state index contributed by atoms with van der Waals surface area (Å²) in [6.45, 7) is 3.02. The van der Waals surface area contributed by atoms with Crippen molar-refractivity contribution in [2.24, 2.45) is 0 Å². The molecule has 0 atom stereocenters. The van der Waals surface area contributed by atoms with Crippen molar-refractivity contribution in [3.05, 3.63) is 34.3 Å². The van der Waals surface area contributed by atoms with Crippen LogP contribution in [0.3, 0.4) is 0 Å². The zero-order valence-corrected chi connectivity index (χ0v) is 14.9. The van der Waals surface area contributed by atoms with Crippen LogP contribution in [-0.4, -0.2) is 66.2 Å². The molecule has 24 heavy (non-hydrogen) atoms. The van der Waals surface area contributed by atoms with E-state index in [4.69, 9.17) is 0 Å². The Balaban J connectivity index is 1.44. The molecule has 0 aromatic heterocycles. The number of nitrogens with one attached hydrogen (secondary N) is 1. The number of halogens is 1. The lowest BCUT2D eigenvalue weighted by molar-refractivity contribution is -0.133. The maximum absolute atomic E-state index is 12.2. The van der Waals surface area contributed by atoms with E-state index in [9.17, 15) is 14.4 Å². The second-order valence-corrected chi connectivity index (χ2v) is 7.08. The van der Waals surface area contributed by atoms with Gasteiger partial charge in [-0.05, 0) is 37.1 Å². The molecule has 2 fully saturated rings. The van der Waals surface area contributed by atoms with E-state index < -0.39 is 11.7 Å². The van der Waals surface area contributed by atoms with Gasteiger partial charge in [-0.1, -0.05) is 15.9 Å². The Morgan fingerprint density at radius 3 is 2.25 bits per heavy atom. The Morgan fingerprint density at radius 2 is 1.67 bits per heavy atom. The average molecular weight is 394 g/mol. The summed E-state index contributed by atoms with van der Waals surface area (Å²) in [7, 11) is 0. The van der Waals surface area contributed by atoms with Gasteiger partial charge in [0.05, 0.1) is 6.54 Å². The van der Waals surface area contributed by atoms with Crippen molar-refractivity contribution in [2.75, 3.05) is 32.7 Å². The molecule has 0 bridgehead atoms. The second kappa shape index (κ2) is 7.44. The minimum Gasteiger partial charge on any atom is -0.340 e. The number of hydrogen-bond acceptors (Lipinski definition) is 4. The van der Waals surface area contributed by atoms with Crippen molar-refractivity contribution in [3.8, 4) is 0 Å². The Labute approximate surface area is 149 Å². The molecule has 7 heteroatoms. The van der Waals surface area contributed by atoms with E-state index in [-0.39, 0.29) is 12.5 Å². The summed E-state index contributed by atoms with van der Waals surface area (Å²) in [6.07, 6.45) is 2.53. The number of rotatable bonds is 5.